The lowest BCUT2D eigenvalue weighted by atomic mass is 10.1. The van der Waals surface area contributed by atoms with Crippen molar-refractivity contribution < 1.29 is 13.7 Å². The molecule has 0 bridgehead atoms. The van der Waals surface area contributed by atoms with Gasteiger partial charge in [0, 0.05) is 23.4 Å². The van der Waals surface area contributed by atoms with E-state index in [0.29, 0.717) is 31.0 Å². The lowest BCUT2D eigenvalue weighted by molar-refractivity contribution is -0.128. The maximum absolute atomic E-state index is 13.6. The molecule has 1 aromatic carbocycles. The molecule has 128 valence electrons. The number of amides is 1. The Morgan fingerprint density at radius 2 is 2.28 bits per heavy atom. The van der Waals surface area contributed by atoms with Crippen molar-refractivity contribution >= 4 is 28.8 Å². The zero-order valence-electron chi connectivity index (χ0n) is 13.0. The first kappa shape index (κ1) is 16.2. The molecule has 3 aromatic rings. The van der Waals surface area contributed by atoms with Gasteiger partial charge >= 0.3 is 0 Å². The van der Waals surface area contributed by atoms with Crippen molar-refractivity contribution in [3.8, 4) is 11.4 Å². The van der Waals surface area contributed by atoms with Gasteiger partial charge in [-0.2, -0.15) is 4.98 Å². The minimum atomic E-state index is -0.538. The van der Waals surface area contributed by atoms with E-state index in [1.807, 2.05) is 17.5 Å². The van der Waals surface area contributed by atoms with Gasteiger partial charge in [-0.25, -0.2) is 4.39 Å². The Kier molecular flexibility index (Phi) is 4.27. The Labute approximate surface area is 152 Å². The van der Waals surface area contributed by atoms with Gasteiger partial charge in [0.1, 0.15) is 5.82 Å². The zero-order valence-corrected chi connectivity index (χ0v) is 14.6. The summed E-state index contributed by atoms with van der Waals surface area (Å²) < 4.78 is 18.9. The highest BCUT2D eigenvalue weighted by molar-refractivity contribution is 7.09. The topological polar surface area (TPSA) is 59.2 Å². The van der Waals surface area contributed by atoms with Gasteiger partial charge in [-0.15, -0.1) is 11.3 Å². The number of likely N-dealkylation sites (tertiary alicyclic amines) is 1. The Morgan fingerprint density at radius 1 is 1.40 bits per heavy atom. The number of benzene rings is 1. The van der Waals surface area contributed by atoms with Gasteiger partial charge in [-0.05, 0) is 29.6 Å². The van der Waals surface area contributed by atoms with E-state index in [9.17, 15) is 9.18 Å². The molecule has 1 unspecified atom stereocenters. The molecule has 0 aliphatic carbocycles. The van der Waals surface area contributed by atoms with Gasteiger partial charge in [-0.1, -0.05) is 22.8 Å². The minimum Gasteiger partial charge on any atom is -0.339 e. The number of hydrogen-bond acceptors (Lipinski definition) is 5. The number of thiophene rings is 1. The lowest BCUT2D eigenvalue weighted by Gasteiger charge is -2.14. The van der Waals surface area contributed by atoms with E-state index in [4.69, 9.17) is 16.1 Å². The summed E-state index contributed by atoms with van der Waals surface area (Å²) in [5.74, 6) is 0.0624. The van der Waals surface area contributed by atoms with Crippen LogP contribution < -0.4 is 0 Å². The van der Waals surface area contributed by atoms with E-state index in [-0.39, 0.29) is 22.7 Å². The fourth-order valence-corrected chi connectivity index (χ4v) is 3.67. The predicted octanol–water partition coefficient (Wildman–Crippen LogP) is 4.11. The highest BCUT2D eigenvalue weighted by Crippen LogP contribution is 2.30. The smallest absolute Gasteiger partial charge is 0.232 e. The van der Waals surface area contributed by atoms with Crippen LogP contribution in [0.3, 0.4) is 0 Å². The van der Waals surface area contributed by atoms with E-state index in [1.54, 1.807) is 22.3 Å². The Bertz CT molecular complexity index is 913. The van der Waals surface area contributed by atoms with Crippen molar-refractivity contribution in [2.75, 3.05) is 6.54 Å². The summed E-state index contributed by atoms with van der Waals surface area (Å²) in [6, 6.07) is 8.31. The van der Waals surface area contributed by atoms with E-state index in [1.165, 1.54) is 12.1 Å². The number of carbonyl (C=O) groups is 1. The van der Waals surface area contributed by atoms with Gasteiger partial charge in [0.15, 0.2) is 0 Å². The highest BCUT2D eigenvalue weighted by Gasteiger charge is 2.34. The average Bonchev–Trinajstić information content (AvgIpc) is 3.32. The molecule has 4 rings (SSSR count). The quantitative estimate of drug-likeness (QED) is 0.686. The molecule has 0 spiro atoms. The Morgan fingerprint density at radius 3 is 3.04 bits per heavy atom. The molecular formula is C17H13ClFN3O2S. The third-order valence-electron chi connectivity index (χ3n) is 4.11. The molecule has 1 amide bonds. The van der Waals surface area contributed by atoms with Crippen LogP contribution in [0, 0.1) is 5.82 Å². The molecule has 0 radical (unpaired) electrons. The lowest BCUT2D eigenvalue weighted by Crippen LogP contribution is -2.23. The van der Waals surface area contributed by atoms with Crippen molar-refractivity contribution in [3.05, 3.63) is 57.3 Å². The van der Waals surface area contributed by atoms with Crippen molar-refractivity contribution in [3.63, 3.8) is 0 Å². The number of nitrogens with zero attached hydrogens (tertiary/aromatic N) is 3. The van der Waals surface area contributed by atoms with Crippen LogP contribution >= 0.6 is 22.9 Å². The van der Waals surface area contributed by atoms with Gasteiger partial charge in [0.2, 0.25) is 17.6 Å². The molecule has 25 heavy (non-hydrogen) atoms. The summed E-state index contributed by atoms with van der Waals surface area (Å²) in [6.07, 6.45) is 0.335. The predicted molar refractivity (Wildman–Crippen MR) is 91.8 cm³/mol. The first-order valence-electron chi connectivity index (χ1n) is 7.69. The summed E-state index contributed by atoms with van der Waals surface area (Å²) in [7, 11) is 0. The third-order valence-corrected chi connectivity index (χ3v) is 5.28. The first-order chi connectivity index (χ1) is 12.1. The van der Waals surface area contributed by atoms with Crippen molar-refractivity contribution in [1.82, 2.24) is 15.0 Å². The highest BCUT2D eigenvalue weighted by atomic mass is 35.5. The van der Waals surface area contributed by atoms with Crippen molar-refractivity contribution in [2.24, 2.45) is 0 Å². The Balaban J connectivity index is 1.50. The second-order valence-corrected chi connectivity index (χ2v) is 7.28. The Hall–Kier alpha value is -2.25. The number of rotatable bonds is 4. The van der Waals surface area contributed by atoms with Gasteiger partial charge in [-0.3, -0.25) is 4.79 Å². The second-order valence-electron chi connectivity index (χ2n) is 5.84. The third kappa shape index (κ3) is 3.29. The average molecular weight is 378 g/mol. The molecule has 1 aliphatic heterocycles. The van der Waals surface area contributed by atoms with Crippen LogP contribution in [0.5, 0.6) is 0 Å². The monoisotopic (exact) mass is 377 g/mol. The molecule has 2 aromatic heterocycles. The van der Waals surface area contributed by atoms with Gasteiger partial charge in [0.25, 0.3) is 0 Å². The molecule has 5 nitrogen and oxygen atoms in total. The molecule has 0 N–H and O–H groups in total. The maximum Gasteiger partial charge on any atom is 0.232 e. The van der Waals surface area contributed by atoms with Gasteiger partial charge < -0.3 is 9.42 Å². The summed E-state index contributed by atoms with van der Waals surface area (Å²) in [6.45, 7) is 1.13. The summed E-state index contributed by atoms with van der Waals surface area (Å²) >= 11 is 7.31. The van der Waals surface area contributed by atoms with Crippen molar-refractivity contribution in [2.45, 2.75) is 18.9 Å². The first-order valence-corrected chi connectivity index (χ1v) is 8.95. The molecule has 1 fully saturated rings. The SMILES string of the molecule is O=C1CC(c2nc(-c3ccc(Cl)c(F)c3)no2)CN1Cc1cccs1. The number of carbonyl (C=O) groups excluding carboxylic acids is 1. The normalized spacial score (nSPS) is 17.4. The summed E-state index contributed by atoms with van der Waals surface area (Å²) in [5, 5.41) is 5.93. The largest absolute Gasteiger partial charge is 0.339 e. The number of aromatic nitrogens is 2. The summed E-state index contributed by atoms with van der Waals surface area (Å²) in [5.41, 5.74) is 0.483. The molecular weight excluding hydrogens is 365 g/mol. The van der Waals surface area contributed by atoms with Crippen LogP contribution in [0.2, 0.25) is 5.02 Å². The van der Waals surface area contributed by atoms with E-state index < -0.39 is 5.82 Å². The second kappa shape index (κ2) is 6.57. The minimum absolute atomic E-state index is 0.0399. The molecule has 8 heteroatoms. The van der Waals surface area contributed by atoms with Crippen LogP contribution in [0.25, 0.3) is 11.4 Å². The van der Waals surface area contributed by atoms with E-state index in [2.05, 4.69) is 10.1 Å². The maximum atomic E-state index is 13.6. The molecule has 3 heterocycles. The molecule has 0 saturated carbocycles. The van der Waals surface area contributed by atoms with Gasteiger partial charge in [0.05, 0.1) is 17.5 Å². The van der Waals surface area contributed by atoms with E-state index in [0.717, 1.165) is 4.88 Å². The number of halogens is 2. The fourth-order valence-electron chi connectivity index (χ4n) is 2.83. The van der Waals surface area contributed by atoms with Crippen LogP contribution in [0.15, 0.2) is 40.2 Å². The van der Waals surface area contributed by atoms with Crippen LogP contribution in [-0.4, -0.2) is 27.5 Å². The van der Waals surface area contributed by atoms with Crippen LogP contribution in [0.1, 0.15) is 23.1 Å². The standard InChI is InChI=1S/C17H13ClFN3O2S/c18-13-4-3-10(6-14(13)19)16-20-17(24-21-16)11-7-15(23)22(8-11)9-12-2-1-5-25-12/h1-6,11H,7-9H2. The van der Waals surface area contributed by atoms with Crippen LogP contribution in [-0.2, 0) is 11.3 Å². The van der Waals surface area contributed by atoms with Crippen LogP contribution in [0.4, 0.5) is 4.39 Å². The molecule has 1 atom stereocenters. The van der Waals surface area contributed by atoms with Crippen molar-refractivity contribution in [1.29, 1.82) is 0 Å². The number of hydrogen-bond donors (Lipinski definition) is 0. The zero-order chi connectivity index (χ0) is 17.4. The molecule has 1 aliphatic rings. The fraction of sp³-hybridized carbons (Fsp3) is 0.235. The van der Waals surface area contributed by atoms with E-state index >= 15 is 0 Å². The molecule has 1 saturated heterocycles. The summed E-state index contributed by atoms with van der Waals surface area (Å²) in [4.78, 5) is 19.5.